The van der Waals surface area contributed by atoms with Gasteiger partial charge in [0.1, 0.15) is 17.3 Å². The lowest BCUT2D eigenvalue weighted by Gasteiger charge is -2.11. The average Bonchev–Trinajstić information content (AvgIpc) is 3.24. The second-order valence-electron chi connectivity index (χ2n) is 5.82. The van der Waals surface area contributed by atoms with Gasteiger partial charge in [-0.1, -0.05) is 0 Å². The van der Waals surface area contributed by atoms with Crippen molar-refractivity contribution in [3.05, 3.63) is 39.8 Å². The highest BCUT2D eigenvalue weighted by atomic mass is 32.2. The number of nitrogens with zero attached hydrogens (tertiary/aromatic N) is 3. The van der Waals surface area contributed by atoms with Crippen molar-refractivity contribution >= 4 is 11.8 Å². The van der Waals surface area contributed by atoms with E-state index in [-0.39, 0.29) is 16.6 Å². The Morgan fingerprint density at radius 3 is 2.54 bits per heavy atom. The maximum atomic E-state index is 14.3. The molecule has 1 saturated carbocycles. The molecule has 0 aliphatic heterocycles. The third-order valence-electron chi connectivity index (χ3n) is 3.76. The predicted molar refractivity (Wildman–Crippen MR) is 82.3 cm³/mol. The number of halogens is 4. The summed E-state index contributed by atoms with van der Waals surface area (Å²) in [4.78, 5) is 12.7. The second kappa shape index (κ2) is 5.94. The normalized spacial score (nSPS) is 15.1. The number of hydrogen-bond donors (Lipinski definition) is 0. The van der Waals surface area contributed by atoms with Crippen LogP contribution in [0.1, 0.15) is 30.3 Å². The van der Waals surface area contributed by atoms with E-state index in [1.807, 2.05) is 0 Å². The van der Waals surface area contributed by atoms with Gasteiger partial charge in [-0.2, -0.15) is 23.0 Å². The zero-order chi connectivity index (χ0) is 17.6. The van der Waals surface area contributed by atoms with E-state index in [2.05, 4.69) is 5.10 Å². The summed E-state index contributed by atoms with van der Waals surface area (Å²) >= 11 is 0.565. The molecule has 0 unspecified atom stereocenters. The first-order chi connectivity index (χ1) is 11.2. The topological polar surface area (TPSA) is 39.8 Å². The fourth-order valence-electron chi connectivity index (χ4n) is 2.51. The van der Waals surface area contributed by atoms with E-state index in [1.54, 1.807) is 6.92 Å². The molecule has 1 aromatic carbocycles. The molecule has 0 N–H and O–H groups in total. The number of alkyl halides is 3. The molecule has 0 atom stereocenters. The van der Waals surface area contributed by atoms with Crippen molar-refractivity contribution in [2.75, 3.05) is 5.75 Å². The van der Waals surface area contributed by atoms with Crippen LogP contribution in [0.5, 0.6) is 0 Å². The Kier molecular flexibility index (Phi) is 4.23. The van der Waals surface area contributed by atoms with Crippen molar-refractivity contribution in [2.45, 2.75) is 43.8 Å². The number of thioether (sulfide) groups is 1. The van der Waals surface area contributed by atoms with E-state index in [0.717, 1.165) is 23.6 Å². The summed E-state index contributed by atoms with van der Waals surface area (Å²) < 4.78 is 54.0. The molecule has 0 saturated heterocycles. The lowest BCUT2D eigenvalue weighted by atomic mass is 10.2. The van der Waals surface area contributed by atoms with Gasteiger partial charge < -0.3 is 0 Å². The number of aromatic nitrogens is 3. The molecular formula is C15H15F4N3OS. The number of hydrogen-bond acceptors (Lipinski definition) is 3. The second-order valence-corrected chi connectivity index (χ2v) is 6.83. The van der Waals surface area contributed by atoms with Gasteiger partial charge in [-0.25, -0.2) is 9.18 Å². The van der Waals surface area contributed by atoms with Gasteiger partial charge in [0.2, 0.25) is 0 Å². The van der Waals surface area contributed by atoms with Crippen LogP contribution >= 0.6 is 11.8 Å². The monoisotopic (exact) mass is 361 g/mol. The molecular weight excluding hydrogens is 346 g/mol. The third-order valence-corrected chi connectivity index (χ3v) is 4.98. The fraction of sp³-hybridized carbons (Fsp3) is 0.467. The minimum absolute atomic E-state index is 0.0823. The van der Waals surface area contributed by atoms with Gasteiger partial charge in [-0.3, -0.25) is 4.57 Å². The largest absolute Gasteiger partial charge is 0.398 e. The molecule has 130 valence electrons. The molecule has 24 heavy (non-hydrogen) atoms. The van der Waals surface area contributed by atoms with E-state index < -0.39 is 23.4 Å². The summed E-state index contributed by atoms with van der Waals surface area (Å²) in [7, 11) is 0. The maximum Gasteiger partial charge on any atom is 0.398 e. The first-order valence-corrected chi connectivity index (χ1v) is 8.34. The number of rotatable bonds is 4. The molecule has 0 radical (unpaired) electrons. The van der Waals surface area contributed by atoms with Crippen LogP contribution in [0.4, 0.5) is 17.6 Å². The average molecular weight is 361 g/mol. The van der Waals surface area contributed by atoms with E-state index in [0.29, 0.717) is 23.1 Å². The van der Waals surface area contributed by atoms with Crippen LogP contribution in [-0.4, -0.2) is 26.3 Å². The van der Waals surface area contributed by atoms with Crippen LogP contribution in [-0.2, 0) is 0 Å². The van der Waals surface area contributed by atoms with Gasteiger partial charge in [0.05, 0.1) is 5.75 Å². The van der Waals surface area contributed by atoms with Gasteiger partial charge in [0, 0.05) is 10.9 Å². The lowest BCUT2D eigenvalue weighted by Crippen LogP contribution is -2.24. The van der Waals surface area contributed by atoms with Crippen molar-refractivity contribution in [2.24, 2.45) is 0 Å². The fourth-order valence-corrected chi connectivity index (χ4v) is 3.31. The van der Waals surface area contributed by atoms with Crippen LogP contribution in [0, 0.1) is 19.7 Å². The molecule has 1 aliphatic carbocycles. The molecule has 0 bridgehead atoms. The Morgan fingerprint density at radius 1 is 1.29 bits per heavy atom. The quantitative estimate of drug-likeness (QED) is 0.615. The highest BCUT2D eigenvalue weighted by molar-refractivity contribution is 7.99. The Labute approximate surface area is 139 Å². The molecule has 4 nitrogen and oxygen atoms in total. The molecule has 1 fully saturated rings. The summed E-state index contributed by atoms with van der Waals surface area (Å²) in [6.45, 7) is 3.18. The van der Waals surface area contributed by atoms with Crippen molar-refractivity contribution in [3.63, 3.8) is 0 Å². The summed E-state index contributed by atoms with van der Waals surface area (Å²) in [5, 5.41) is 4.08. The van der Waals surface area contributed by atoms with Gasteiger partial charge >= 0.3 is 11.9 Å². The Hall–Kier alpha value is -1.77. The van der Waals surface area contributed by atoms with Crippen LogP contribution in [0.3, 0.4) is 0 Å². The third kappa shape index (κ3) is 3.35. The first kappa shape index (κ1) is 17.1. The molecule has 0 spiro atoms. The molecule has 9 heteroatoms. The smallest absolute Gasteiger partial charge is 0.276 e. The highest BCUT2D eigenvalue weighted by Crippen LogP contribution is 2.35. The maximum absolute atomic E-state index is 14.3. The summed E-state index contributed by atoms with van der Waals surface area (Å²) in [5.41, 5.74) is -0.209. The Bertz CT molecular complexity index is 836. The zero-order valence-electron chi connectivity index (χ0n) is 13.0. The first-order valence-electron chi connectivity index (χ1n) is 7.35. The lowest BCUT2D eigenvalue weighted by molar-refractivity contribution is -0.105. The van der Waals surface area contributed by atoms with Gasteiger partial charge in [0.15, 0.2) is 0 Å². The highest BCUT2D eigenvalue weighted by Gasteiger charge is 2.30. The van der Waals surface area contributed by atoms with E-state index in [1.165, 1.54) is 17.6 Å². The van der Waals surface area contributed by atoms with Crippen molar-refractivity contribution in [3.8, 4) is 5.69 Å². The van der Waals surface area contributed by atoms with Crippen LogP contribution in [0.2, 0.25) is 0 Å². The van der Waals surface area contributed by atoms with Gasteiger partial charge in [-0.05, 0) is 44.4 Å². The van der Waals surface area contributed by atoms with Crippen molar-refractivity contribution < 1.29 is 17.6 Å². The minimum Gasteiger partial charge on any atom is -0.276 e. The Balaban J connectivity index is 2.02. The zero-order valence-corrected chi connectivity index (χ0v) is 13.8. The SMILES string of the molecule is Cc1cc(F)c(-n2nc(C)n(C3CC3)c2=O)cc1SCC(F)(F)F. The van der Waals surface area contributed by atoms with Gasteiger partial charge in [-0.15, -0.1) is 11.8 Å². The number of aryl methyl sites for hydroxylation is 2. The standard InChI is InChI=1S/C15H15F4N3OS/c1-8-5-11(16)12(6-13(8)24-7-15(17,18)19)22-14(23)21(9(2)20-22)10-3-4-10/h5-6,10H,3-4,7H2,1-2H3. The number of benzene rings is 1. The summed E-state index contributed by atoms with van der Waals surface area (Å²) in [6, 6.07) is 2.47. The van der Waals surface area contributed by atoms with Crippen LogP contribution in [0.25, 0.3) is 5.69 Å². The predicted octanol–water partition coefficient (Wildman–Crippen LogP) is 3.78. The van der Waals surface area contributed by atoms with Crippen molar-refractivity contribution in [1.82, 2.24) is 14.3 Å². The molecule has 1 aliphatic rings. The van der Waals surface area contributed by atoms with Gasteiger partial charge in [0.25, 0.3) is 0 Å². The molecule has 3 rings (SSSR count). The molecule has 0 amide bonds. The minimum atomic E-state index is -4.33. The molecule has 1 heterocycles. The summed E-state index contributed by atoms with van der Waals surface area (Å²) in [5.74, 6) is -1.30. The van der Waals surface area contributed by atoms with Crippen molar-refractivity contribution in [1.29, 1.82) is 0 Å². The van der Waals surface area contributed by atoms with Crippen LogP contribution < -0.4 is 5.69 Å². The van der Waals surface area contributed by atoms with Crippen LogP contribution in [0.15, 0.2) is 21.8 Å². The van der Waals surface area contributed by atoms with E-state index in [4.69, 9.17) is 0 Å². The van der Waals surface area contributed by atoms with E-state index >= 15 is 0 Å². The summed E-state index contributed by atoms with van der Waals surface area (Å²) in [6.07, 6.45) is -2.59. The Morgan fingerprint density at radius 2 is 1.96 bits per heavy atom. The van der Waals surface area contributed by atoms with E-state index in [9.17, 15) is 22.4 Å². The molecule has 2 aromatic rings. The molecule has 1 aromatic heterocycles.